The van der Waals surface area contributed by atoms with Crippen molar-refractivity contribution in [3.63, 3.8) is 0 Å². The van der Waals surface area contributed by atoms with Gasteiger partial charge in [-0.2, -0.15) is 0 Å². The second kappa shape index (κ2) is 4.44. The summed E-state index contributed by atoms with van der Waals surface area (Å²) >= 11 is 2.16. The van der Waals surface area contributed by atoms with E-state index in [2.05, 4.69) is 32.9 Å². The first-order valence-corrected chi connectivity index (χ1v) is 5.93. The molecule has 1 saturated carbocycles. The summed E-state index contributed by atoms with van der Waals surface area (Å²) in [5.41, 5.74) is -0.392. The van der Waals surface area contributed by atoms with Crippen molar-refractivity contribution in [2.75, 3.05) is 6.61 Å². The van der Waals surface area contributed by atoms with Gasteiger partial charge in [-0.25, -0.2) is 9.78 Å². The van der Waals surface area contributed by atoms with Gasteiger partial charge in [-0.15, -0.1) is 0 Å². The molecule has 1 aromatic heterocycles. The van der Waals surface area contributed by atoms with Crippen LogP contribution in [0.25, 0.3) is 0 Å². The number of carboxylic acid groups (broad SMARTS) is 1. The minimum Gasteiger partial charge on any atom is -0.475 e. The first-order valence-electron chi connectivity index (χ1n) is 4.85. The fraction of sp³-hybridized carbons (Fsp3) is 0.400. The molecule has 1 heterocycles. The maximum atomic E-state index is 10.5. The van der Waals surface area contributed by atoms with E-state index in [0.29, 0.717) is 12.5 Å². The Hall–Kier alpha value is -1.05. The zero-order valence-electron chi connectivity index (χ0n) is 8.44. The summed E-state index contributed by atoms with van der Waals surface area (Å²) in [5.74, 6) is 0.527. The van der Waals surface area contributed by atoms with Gasteiger partial charge in [0.1, 0.15) is 6.61 Å². The Morgan fingerprint density at radius 1 is 1.62 bits per heavy atom. The minimum atomic E-state index is -1.00. The molecule has 0 aliphatic heterocycles. The minimum absolute atomic E-state index is 0.340. The molecular formula is C10H11IN2O3. The molecule has 2 N–H and O–H groups in total. The van der Waals surface area contributed by atoms with E-state index in [1.165, 1.54) is 0 Å². The maximum absolute atomic E-state index is 10.5. The van der Waals surface area contributed by atoms with Crippen molar-refractivity contribution < 1.29 is 14.6 Å². The van der Waals surface area contributed by atoms with Crippen LogP contribution in [0.15, 0.2) is 18.3 Å². The molecule has 5 nitrogen and oxygen atoms in total. The zero-order chi connectivity index (χ0) is 11.6. The van der Waals surface area contributed by atoms with E-state index in [1.54, 1.807) is 12.3 Å². The summed E-state index contributed by atoms with van der Waals surface area (Å²) < 4.78 is 6.49. The zero-order valence-corrected chi connectivity index (χ0v) is 10.6. The van der Waals surface area contributed by atoms with E-state index < -0.39 is 11.6 Å². The van der Waals surface area contributed by atoms with Crippen LogP contribution in [0.3, 0.4) is 0 Å². The Balaban J connectivity index is 1.87. The van der Waals surface area contributed by atoms with Gasteiger partial charge in [0.25, 0.3) is 0 Å². The monoisotopic (exact) mass is 334 g/mol. The van der Waals surface area contributed by atoms with Gasteiger partial charge < -0.3 is 15.2 Å². The van der Waals surface area contributed by atoms with E-state index in [-0.39, 0.29) is 0 Å². The maximum Gasteiger partial charge on any atom is 0.405 e. The predicted octanol–water partition coefficient (Wildman–Crippen LogP) is 1.87. The van der Waals surface area contributed by atoms with E-state index in [9.17, 15) is 4.79 Å². The first-order chi connectivity index (χ1) is 7.60. The fourth-order valence-electron chi connectivity index (χ4n) is 1.34. The topological polar surface area (TPSA) is 71.5 Å². The van der Waals surface area contributed by atoms with E-state index in [0.717, 1.165) is 16.4 Å². The third-order valence-electron chi connectivity index (χ3n) is 2.42. The number of nitrogens with one attached hydrogen (secondary N) is 1. The molecule has 1 fully saturated rings. The Kier molecular flexibility index (Phi) is 3.17. The highest BCUT2D eigenvalue weighted by molar-refractivity contribution is 14.1. The van der Waals surface area contributed by atoms with Gasteiger partial charge >= 0.3 is 6.09 Å². The summed E-state index contributed by atoms with van der Waals surface area (Å²) in [4.78, 5) is 14.6. The van der Waals surface area contributed by atoms with E-state index >= 15 is 0 Å². The smallest absolute Gasteiger partial charge is 0.405 e. The Morgan fingerprint density at radius 2 is 2.38 bits per heavy atom. The Bertz CT molecular complexity index is 390. The van der Waals surface area contributed by atoms with E-state index in [1.807, 2.05) is 6.07 Å². The third kappa shape index (κ3) is 2.97. The highest BCUT2D eigenvalue weighted by Crippen LogP contribution is 2.35. The lowest BCUT2D eigenvalue weighted by molar-refractivity contribution is 0.176. The van der Waals surface area contributed by atoms with Crippen LogP contribution in [-0.4, -0.2) is 28.3 Å². The summed E-state index contributed by atoms with van der Waals surface area (Å²) in [6.45, 7) is 0.340. The number of amides is 1. The van der Waals surface area contributed by atoms with Gasteiger partial charge in [-0.05, 0) is 41.5 Å². The van der Waals surface area contributed by atoms with Gasteiger partial charge in [-0.3, -0.25) is 0 Å². The molecule has 1 aromatic rings. The number of pyridine rings is 1. The number of rotatable bonds is 4. The second-order valence-corrected chi connectivity index (χ2v) is 5.06. The predicted molar refractivity (Wildman–Crippen MR) is 65.6 cm³/mol. The van der Waals surface area contributed by atoms with Crippen molar-refractivity contribution in [2.24, 2.45) is 0 Å². The van der Waals surface area contributed by atoms with E-state index in [4.69, 9.17) is 9.84 Å². The van der Waals surface area contributed by atoms with Crippen molar-refractivity contribution in [3.05, 3.63) is 21.9 Å². The molecule has 2 rings (SSSR count). The van der Waals surface area contributed by atoms with Crippen molar-refractivity contribution in [3.8, 4) is 5.88 Å². The van der Waals surface area contributed by atoms with Crippen LogP contribution in [0.5, 0.6) is 5.88 Å². The largest absolute Gasteiger partial charge is 0.475 e. The molecule has 86 valence electrons. The molecule has 0 atom stereocenters. The molecule has 0 radical (unpaired) electrons. The normalized spacial score (nSPS) is 16.6. The summed E-state index contributed by atoms with van der Waals surface area (Å²) in [6.07, 6.45) is 2.35. The molecule has 1 amide bonds. The molecule has 1 aliphatic rings. The fourth-order valence-corrected chi connectivity index (χ4v) is 1.66. The van der Waals surface area contributed by atoms with Crippen LogP contribution in [0.4, 0.5) is 4.79 Å². The van der Waals surface area contributed by atoms with Crippen LogP contribution in [0.2, 0.25) is 0 Å². The van der Waals surface area contributed by atoms with Gasteiger partial charge in [0, 0.05) is 15.8 Å². The SMILES string of the molecule is O=C(O)NC1(COc2ccc(I)cn2)CC1. The Labute approximate surface area is 106 Å². The molecule has 0 aromatic carbocycles. The van der Waals surface area contributed by atoms with Gasteiger partial charge in [0.15, 0.2) is 0 Å². The number of aromatic nitrogens is 1. The number of hydrogen-bond donors (Lipinski definition) is 2. The van der Waals surface area contributed by atoms with Crippen molar-refractivity contribution in [1.29, 1.82) is 0 Å². The average Bonchev–Trinajstić information content (AvgIpc) is 2.97. The molecule has 0 saturated heterocycles. The summed E-state index contributed by atoms with van der Waals surface area (Å²) in [7, 11) is 0. The molecule has 6 heteroatoms. The van der Waals surface area contributed by atoms with Crippen LogP contribution < -0.4 is 10.1 Å². The molecule has 0 bridgehead atoms. The lowest BCUT2D eigenvalue weighted by Gasteiger charge is -2.15. The van der Waals surface area contributed by atoms with Gasteiger partial charge in [-0.1, -0.05) is 0 Å². The average molecular weight is 334 g/mol. The van der Waals surface area contributed by atoms with Crippen molar-refractivity contribution in [1.82, 2.24) is 10.3 Å². The number of ether oxygens (including phenoxy) is 1. The molecule has 16 heavy (non-hydrogen) atoms. The van der Waals surface area contributed by atoms with Crippen LogP contribution >= 0.6 is 22.6 Å². The molecule has 1 aliphatic carbocycles. The Morgan fingerprint density at radius 3 is 2.88 bits per heavy atom. The van der Waals surface area contributed by atoms with Crippen LogP contribution in [0, 0.1) is 3.57 Å². The van der Waals surface area contributed by atoms with Crippen LogP contribution in [0.1, 0.15) is 12.8 Å². The molecule has 0 spiro atoms. The number of halogens is 1. The standard InChI is InChI=1S/C10H11IN2O3/c11-7-1-2-8(12-5-7)16-6-10(3-4-10)13-9(14)15/h1-2,5,13H,3-4,6H2,(H,14,15). The second-order valence-electron chi connectivity index (χ2n) is 3.81. The quantitative estimate of drug-likeness (QED) is 0.825. The van der Waals surface area contributed by atoms with Gasteiger partial charge in [0.2, 0.25) is 5.88 Å². The molecule has 0 unspecified atom stereocenters. The lowest BCUT2D eigenvalue weighted by atomic mass is 10.3. The highest BCUT2D eigenvalue weighted by atomic mass is 127. The number of carbonyl (C=O) groups is 1. The molecular weight excluding hydrogens is 323 g/mol. The van der Waals surface area contributed by atoms with Crippen molar-refractivity contribution in [2.45, 2.75) is 18.4 Å². The highest BCUT2D eigenvalue weighted by Gasteiger charge is 2.45. The van der Waals surface area contributed by atoms with Crippen molar-refractivity contribution >= 4 is 28.7 Å². The summed E-state index contributed by atoms with van der Waals surface area (Å²) in [5, 5.41) is 11.1. The summed E-state index contributed by atoms with van der Waals surface area (Å²) in [6, 6.07) is 3.67. The third-order valence-corrected chi connectivity index (χ3v) is 3.06. The lowest BCUT2D eigenvalue weighted by Crippen LogP contribution is -2.40. The van der Waals surface area contributed by atoms with Gasteiger partial charge in [0.05, 0.1) is 5.54 Å². The number of hydrogen-bond acceptors (Lipinski definition) is 3. The first kappa shape index (κ1) is 11.4. The van der Waals surface area contributed by atoms with Crippen LogP contribution in [-0.2, 0) is 0 Å². The number of nitrogens with zero attached hydrogens (tertiary/aromatic N) is 1.